The van der Waals surface area contributed by atoms with Crippen molar-refractivity contribution in [3.63, 3.8) is 0 Å². The standard InChI is InChI=1S/C18H24N4O2/c23-17-7-2-5-15(11-17)13-20-18(24)19-12-14-4-1-6-16(10-14)22-9-3-8-21-22/h1,3-4,6,8-10,15,17,23H,2,5,7,11-13H2,(H2,19,20,24). The largest absolute Gasteiger partial charge is 0.393 e. The Kier molecular flexibility index (Phi) is 5.48. The summed E-state index contributed by atoms with van der Waals surface area (Å²) in [5, 5.41) is 19.7. The Labute approximate surface area is 141 Å². The van der Waals surface area contributed by atoms with Crippen LogP contribution in [-0.2, 0) is 6.54 Å². The van der Waals surface area contributed by atoms with Crippen molar-refractivity contribution in [1.29, 1.82) is 0 Å². The van der Waals surface area contributed by atoms with Gasteiger partial charge in [-0.3, -0.25) is 0 Å². The first-order chi connectivity index (χ1) is 11.7. The number of urea groups is 1. The normalized spacial score (nSPS) is 20.5. The van der Waals surface area contributed by atoms with Crippen LogP contribution in [0.25, 0.3) is 5.69 Å². The number of hydrogen-bond donors (Lipinski definition) is 3. The predicted molar refractivity (Wildman–Crippen MR) is 91.8 cm³/mol. The summed E-state index contributed by atoms with van der Waals surface area (Å²) in [6, 6.07) is 9.62. The number of carbonyl (C=O) groups excluding carboxylic acids is 1. The summed E-state index contributed by atoms with van der Waals surface area (Å²) in [6.07, 6.45) is 7.19. The number of aromatic nitrogens is 2. The molecule has 1 aromatic carbocycles. The van der Waals surface area contributed by atoms with Crippen LogP contribution in [0, 0.1) is 5.92 Å². The van der Waals surface area contributed by atoms with Crippen molar-refractivity contribution >= 4 is 6.03 Å². The lowest BCUT2D eigenvalue weighted by Crippen LogP contribution is -2.39. The van der Waals surface area contributed by atoms with Crippen molar-refractivity contribution in [2.24, 2.45) is 5.92 Å². The molecule has 0 aliphatic heterocycles. The van der Waals surface area contributed by atoms with Gasteiger partial charge >= 0.3 is 6.03 Å². The van der Waals surface area contributed by atoms with Crippen molar-refractivity contribution < 1.29 is 9.90 Å². The van der Waals surface area contributed by atoms with Crippen LogP contribution in [0.3, 0.4) is 0 Å². The molecule has 0 bridgehead atoms. The molecule has 1 fully saturated rings. The number of aliphatic hydroxyl groups excluding tert-OH is 1. The van der Waals surface area contributed by atoms with E-state index in [1.54, 1.807) is 10.9 Å². The van der Waals surface area contributed by atoms with E-state index >= 15 is 0 Å². The first-order valence-corrected chi connectivity index (χ1v) is 8.49. The Bertz CT molecular complexity index is 657. The van der Waals surface area contributed by atoms with E-state index in [1.807, 2.05) is 36.5 Å². The average Bonchev–Trinajstić information content (AvgIpc) is 3.13. The fourth-order valence-corrected chi connectivity index (χ4v) is 3.16. The van der Waals surface area contributed by atoms with Gasteiger partial charge in [0.2, 0.25) is 0 Å². The van der Waals surface area contributed by atoms with Crippen LogP contribution in [0.2, 0.25) is 0 Å². The predicted octanol–water partition coefficient (Wildman–Crippen LogP) is 2.22. The van der Waals surface area contributed by atoms with E-state index in [0.29, 0.717) is 19.0 Å². The van der Waals surface area contributed by atoms with Crippen LogP contribution in [0.4, 0.5) is 4.79 Å². The highest BCUT2D eigenvalue weighted by atomic mass is 16.3. The van der Waals surface area contributed by atoms with Crippen LogP contribution in [-0.4, -0.2) is 33.6 Å². The molecule has 0 spiro atoms. The maximum absolute atomic E-state index is 12.0. The van der Waals surface area contributed by atoms with E-state index in [9.17, 15) is 9.90 Å². The lowest BCUT2D eigenvalue weighted by atomic mass is 9.87. The smallest absolute Gasteiger partial charge is 0.315 e. The molecule has 2 atom stereocenters. The summed E-state index contributed by atoms with van der Waals surface area (Å²) in [6.45, 7) is 1.09. The van der Waals surface area contributed by atoms with Gasteiger partial charge in [0.25, 0.3) is 0 Å². The molecule has 128 valence electrons. The molecular weight excluding hydrogens is 304 g/mol. The third kappa shape index (κ3) is 4.58. The summed E-state index contributed by atoms with van der Waals surface area (Å²) in [4.78, 5) is 12.0. The minimum atomic E-state index is -0.210. The topological polar surface area (TPSA) is 79.2 Å². The molecule has 0 radical (unpaired) electrons. The molecule has 1 aromatic heterocycles. The van der Waals surface area contributed by atoms with Gasteiger partial charge in [0.1, 0.15) is 0 Å². The van der Waals surface area contributed by atoms with Crippen molar-refractivity contribution in [3.05, 3.63) is 48.3 Å². The molecule has 0 saturated heterocycles. The molecule has 1 aliphatic rings. The van der Waals surface area contributed by atoms with Gasteiger partial charge in [0.05, 0.1) is 11.8 Å². The van der Waals surface area contributed by atoms with E-state index in [1.165, 1.54) is 0 Å². The number of nitrogens with zero attached hydrogens (tertiary/aromatic N) is 2. The summed E-state index contributed by atoms with van der Waals surface area (Å²) in [7, 11) is 0. The van der Waals surface area contributed by atoms with E-state index in [-0.39, 0.29) is 12.1 Å². The van der Waals surface area contributed by atoms with Gasteiger partial charge in [-0.25, -0.2) is 9.48 Å². The second-order valence-corrected chi connectivity index (χ2v) is 6.37. The zero-order chi connectivity index (χ0) is 16.8. The SMILES string of the molecule is O=C(NCc1cccc(-n2cccn2)c1)NCC1CCCC(O)C1. The van der Waals surface area contributed by atoms with E-state index < -0.39 is 0 Å². The van der Waals surface area contributed by atoms with Gasteiger partial charge in [0, 0.05) is 25.5 Å². The average molecular weight is 328 g/mol. The highest BCUT2D eigenvalue weighted by Gasteiger charge is 2.20. The summed E-state index contributed by atoms with van der Waals surface area (Å²) in [5.41, 5.74) is 1.99. The van der Waals surface area contributed by atoms with Crippen LogP contribution < -0.4 is 10.6 Å². The molecule has 6 nitrogen and oxygen atoms in total. The maximum atomic E-state index is 12.0. The number of amides is 2. The molecule has 2 aromatic rings. The van der Waals surface area contributed by atoms with Gasteiger partial charge in [-0.05, 0) is 48.9 Å². The Morgan fingerprint density at radius 2 is 2.21 bits per heavy atom. The van der Waals surface area contributed by atoms with E-state index in [0.717, 1.165) is 36.9 Å². The van der Waals surface area contributed by atoms with E-state index in [4.69, 9.17) is 0 Å². The Hall–Kier alpha value is -2.34. The van der Waals surface area contributed by atoms with Gasteiger partial charge in [0.15, 0.2) is 0 Å². The van der Waals surface area contributed by atoms with Gasteiger partial charge in [-0.1, -0.05) is 18.6 Å². The fourth-order valence-electron chi connectivity index (χ4n) is 3.16. The first kappa shape index (κ1) is 16.5. The second kappa shape index (κ2) is 7.97. The molecule has 2 amide bonds. The summed E-state index contributed by atoms with van der Waals surface area (Å²) in [5.74, 6) is 0.377. The number of aliphatic hydroxyl groups is 1. The number of hydrogen-bond acceptors (Lipinski definition) is 3. The molecular formula is C18H24N4O2. The second-order valence-electron chi connectivity index (χ2n) is 6.37. The van der Waals surface area contributed by atoms with Gasteiger partial charge in [-0.15, -0.1) is 0 Å². The molecule has 1 heterocycles. The molecule has 1 saturated carbocycles. The van der Waals surface area contributed by atoms with Crippen molar-refractivity contribution in [3.8, 4) is 5.69 Å². The van der Waals surface area contributed by atoms with Crippen LogP contribution >= 0.6 is 0 Å². The monoisotopic (exact) mass is 328 g/mol. The van der Waals surface area contributed by atoms with E-state index in [2.05, 4.69) is 15.7 Å². The number of rotatable bonds is 5. The zero-order valence-corrected chi connectivity index (χ0v) is 13.7. The summed E-state index contributed by atoms with van der Waals surface area (Å²) >= 11 is 0. The zero-order valence-electron chi connectivity index (χ0n) is 13.7. The van der Waals surface area contributed by atoms with Crippen LogP contribution in [0.5, 0.6) is 0 Å². The van der Waals surface area contributed by atoms with Gasteiger partial charge in [-0.2, -0.15) is 5.10 Å². The van der Waals surface area contributed by atoms with Crippen LogP contribution in [0.1, 0.15) is 31.2 Å². The van der Waals surface area contributed by atoms with Crippen molar-refractivity contribution in [2.75, 3.05) is 6.54 Å². The maximum Gasteiger partial charge on any atom is 0.315 e. The first-order valence-electron chi connectivity index (χ1n) is 8.49. The van der Waals surface area contributed by atoms with Crippen molar-refractivity contribution in [1.82, 2.24) is 20.4 Å². The molecule has 2 unspecified atom stereocenters. The Morgan fingerprint density at radius 1 is 1.29 bits per heavy atom. The number of benzene rings is 1. The lowest BCUT2D eigenvalue weighted by molar-refractivity contribution is 0.101. The molecule has 6 heteroatoms. The molecule has 3 N–H and O–H groups in total. The number of carbonyl (C=O) groups is 1. The third-order valence-electron chi connectivity index (χ3n) is 4.44. The molecule has 24 heavy (non-hydrogen) atoms. The minimum Gasteiger partial charge on any atom is -0.393 e. The quantitative estimate of drug-likeness (QED) is 0.787. The number of nitrogens with one attached hydrogen (secondary N) is 2. The molecule has 3 rings (SSSR count). The summed E-state index contributed by atoms with van der Waals surface area (Å²) < 4.78 is 1.79. The van der Waals surface area contributed by atoms with Crippen LogP contribution in [0.15, 0.2) is 42.7 Å². The third-order valence-corrected chi connectivity index (χ3v) is 4.44. The fraction of sp³-hybridized carbons (Fsp3) is 0.444. The van der Waals surface area contributed by atoms with Gasteiger partial charge < -0.3 is 15.7 Å². The van der Waals surface area contributed by atoms with Crippen molar-refractivity contribution in [2.45, 2.75) is 38.3 Å². The Morgan fingerprint density at radius 3 is 3.00 bits per heavy atom. The Balaban J connectivity index is 1.45. The molecule has 1 aliphatic carbocycles. The minimum absolute atomic E-state index is 0.167. The highest BCUT2D eigenvalue weighted by molar-refractivity contribution is 5.73. The lowest BCUT2D eigenvalue weighted by Gasteiger charge is -2.25. The highest BCUT2D eigenvalue weighted by Crippen LogP contribution is 2.23.